The lowest BCUT2D eigenvalue weighted by Gasteiger charge is -2.26. The first-order chi connectivity index (χ1) is 8.31. The number of piperidine rings is 1. The van der Waals surface area contributed by atoms with E-state index in [1.807, 2.05) is 11.8 Å². The molecule has 0 aromatic heterocycles. The molecule has 2 fully saturated rings. The van der Waals surface area contributed by atoms with Crippen molar-refractivity contribution in [3.8, 4) is 0 Å². The molecule has 1 amide bonds. The molecule has 1 aliphatic heterocycles. The van der Waals surface area contributed by atoms with Crippen molar-refractivity contribution in [2.24, 2.45) is 5.92 Å². The van der Waals surface area contributed by atoms with Crippen LogP contribution in [0.1, 0.15) is 39.0 Å². The molecule has 0 spiro atoms. The summed E-state index contributed by atoms with van der Waals surface area (Å²) in [6.45, 7) is 4.14. The van der Waals surface area contributed by atoms with E-state index in [0.717, 1.165) is 31.7 Å². The fourth-order valence-electron chi connectivity index (χ4n) is 2.88. The van der Waals surface area contributed by atoms with Crippen LogP contribution in [0.3, 0.4) is 0 Å². The molecular formula is C13H25ClN2OS. The number of nitrogens with one attached hydrogen (secondary N) is 2. The highest BCUT2D eigenvalue weighted by molar-refractivity contribution is 7.99. The van der Waals surface area contributed by atoms with Gasteiger partial charge in [-0.05, 0) is 38.0 Å². The van der Waals surface area contributed by atoms with E-state index in [1.165, 1.54) is 19.3 Å². The number of amides is 1. The molecule has 2 aliphatic rings. The van der Waals surface area contributed by atoms with Crippen LogP contribution in [0.4, 0.5) is 0 Å². The van der Waals surface area contributed by atoms with Crippen molar-refractivity contribution in [3.05, 3.63) is 0 Å². The lowest BCUT2D eigenvalue weighted by Crippen LogP contribution is -2.46. The van der Waals surface area contributed by atoms with E-state index in [4.69, 9.17) is 0 Å². The van der Waals surface area contributed by atoms with Gasteiger partial charge in [-0.25, -0.2) is 0 Å². The van der Waals surface area contributed by atoms with Crippen molar-refractivity contribution in [1.82, 2.24) is 10.6 Å². The summed E-state index contributed by atoms with van der Waals surface area (Å²) in [7, 11) is 0. The summed E-state index contributed by atoms with van der Waals surface area (Å²) in [6, 6.07) is 0.425. The second-order valence-corrected chi connectivity index (χ2v) is 6.60. The molecule has 1 aliphatic carbocycles. The predicted molar refractivity (Wildman–Crippen MR) is 80.5 cm³/mol. The third kappa shape index (κ3) is 4.32. The first-order valence-electron chi connectivity index (χ1n) is 6.94. The second-order valence-electron chi connectivity index (χ2n) is 5.08. The number of carbonyl (C=O) groups is 1. The topological polar surface area (TPSA) is 41.1 Å². The lowest BCUT2D eigenvalue weighted by atomic mass is 9.98. The van der Waals surface area contributed by atoms with Gasteiger partial charge in [-0.15, -0.1) is 12.4 Å². The maximum Gasteiger partial charge on any atom is 0.224 e. The molecule has 3 atom stereocenters. The number of hydrogen-bond donors (Lipinski definition) is 2. The van der Waals surface area contributed by atoms with Crippen molar-refractivity contribution >= 4 is 30.1 Å². The Bertz CT molecular complexity index is 259. The molecule has 2 rings (SSSR count). The summed E-state index contributed by atoms with van der Waals surface area (Å²) in [5.41, 5.74) is 0. The third-order valence-corrected chi connectivity index (χ3v) is 5.15. The Hall–Kier alpha value is 0.0700. The minimum atomic E-state index is 0. The van der Waals surface area contributed by atoms with Crippen LogP contribution >= 0.6 is 24.2 Å². The Balaban J connectivity index is 0.00000162. The fraction of sp³-hybridized carbons (Fsp3) is 0.923. The lowest BCUT2D eigenvalue weighted by molar-refractivity contribution is -0.126. The third-order valence-electron chi connectivity index (χ3n) is 3.83. The number of rotatable bonds is 4. The normalized spacial score (nSPS) is 31.7. The molecule has 0 bridgehead atoms. The number of hydrogen-bond acceptors (Lipinski definition) is 3. The Morgan fingerprint density at radius 1 is 1.33 bits per heavy atom. The summed E-state index contributed by atoms with van der Waals surface area (Å²) >= 11 is 2.01. The van der Waals surface area contributed by atoms with Gasteiger partial charge in [-0.1, -0.05) is 13.3 Å². The molecule has 1 saturated heterocycles. The molecular weight excluding hydrogens is 268 g/mol. The average Bonchev–Trinajstić information content (AvgIpc) is 2.78. The molecule has 2 N–H and O–H groups in total. The highest BCUT2D eigenvalue weighted by Crippen LogP contribution is 2.30. The Morgan fingerprint density at radius 2 is 2.17 bits per heavy atom. The van der Waals surface area contributed by atoms with Gasteiger partial charge in [-0.3, -0.25) is 4.79 Å². The van der Waals surface area contributed by atoms with Gasteiger partial charge in [0.1, 0.15) is 0 Å². The SMILES string of the molecule is CCSC1CCCC1NC(=O)[C@@H]1CCCNC1.Cl. The number of thioether (sulfide) groups is 1. The molecule has 2 unspecified atom stereocenters. The Morgan fingerprint density at radius 3 is 2.83 bits per heavy atom. The summed E-state index contributed by atoms with van der Waals surface area (Å²) < 4.78 is 0. The minimum Gasteiger partial charge on any atom is -0.352 e. The zero-order valence-electron chi connectivity index (χ0n) is 11.1. The molecule has 1 saturated carbocycles. The van der Waals surface area contributed by atoms with Gasteiger partial charge in [0.2, 0.25) is 5.91 Å². The van der Waals surface area contributed by atoms with Crippen LogP contribution in [0.15, 0.2) is 0 Å². The Labute approximate surface area is 121 Å². The first-order valence-corrected chi connectivity index (χ1v) is 7.99. The zero-order chi connectivity index (χ0) is 12.1. The average molecular weight is 293 g/mol. The van der Waals surface area contributed by atoms with E-state index >= 15 is 0 Å². The van der Waals surface area contributed by atoms with Gasteiger partial charge in [0.25, 0.3) is 0 Å². The van der Waals surface area contributed by atoms with E-state index in [1.54, 1.807) is 0 Å². The van der Waals surface area contributed by atoms with Crippen LogP contribution in [-0.4, -0.2) is 36.0 Å². The van der Waals surface area contributed by atoms with Crippen LogP contribution in [0.25, 0.3) is 0 Å². The van der Waals surface area contributed by atoms with E-state index in [2.05, 4.69) is 17.6 Å². The van der Waals surface area contributed by atoms with Crippen LogP contribution < -0.4 is 10.6 Å². The smallest absolute Gasteiger partial charge is 0.224 e. The van der Waals surface area contributed by atoms with Crippen molar-refractivity contribution in [3.63, 3.8) is 0 Å². The summed E-state index contributed by atoms with van der Waals surface area (Å²) in [4.78, 5) is 12.1. The van der Waals surface area contributed by atoms with E-state index in [0.29, 0.717) is 11.3 Å². The summed E-state index contributed by atoms with van der Waals surface area (Å²) in [6.07, 6.45) is 5.90. The van der Waals surface area contributed by atoms with E-state index < -0.39 is 0 Å². The van der Waals surface area contributed by atoms with Crippen LogP contribution in [0, 0.1) is 5.92 Å². The minimum absolute atomic E-state index is 0. The van der Waals surface area contributed by atoms with E-state index in [-0.39, 0.29) is 24.2 Å². The highest BCUT2D eigenvalue weighted by atomic mass is 35.5. The first kappa shape index (κ1) is 16.1. The van der Waals surface area contributed by atoms with Gasteiger partial charge >= 0.3 is 0 Å². The monoisotopic (exact) mass is 292 g/mol. The molecule has 106 valence electrons. The predicted octanol–water partition coefficient (Wildman–Crippen LogP) is 2.20. The molecule has 3 nitrogen and oxygen atoms in total. The van der Waals surface area contributed by atoms with E-state index in [9.17, 15) is 4.79 Å². The van der Waals surface area contributed by atoms with Crippen LogP contribution in [0.2, 0.25) is 0 Å². The van der Waals surface area contributed by atoms with Gasteiger partial charge in [-0.2, -0.15) is 11.8 Å². The number of halogens is 1. The van der Waals surface area contributed by atoms with Crippen molar-refractivity contribution in [2.45, 2.75) is 50.3 Å². The largest absolute Gasteiger partial charge is 0.352 e. The maximum atomic E-state index is 12.1. The van der Waals surface area contributed by atoms with Gasteiger partial charge in [0, 0.05) is 17.8 Å². The summed E-state index contributed by atoms with van der Waals surface area (Å²) in [5, 5.41) is 7.25. The Kier molecular flexibility index (Phi) is 7.42. The molecule has 5 heteroatoms. The molecule has 0 radical (unpaired) electrons. The van der Waals surface area contributed by atoms with Crippen molar-refractivity contribution < 1.29 is 4.79 Å². The van der Waals surface area contributed by atoms with Gasteiger partial charge in [0.15, 0.2) is 0 Å². The molecule has 0 aromatic rings. The fourth-order valence-corrected chi connectivity index (χ4v) is 4.08. The van der Waals surface area contributed by atoms with Gasteiger partial charge < -0.3 is 10.6 Å². The zero-order valence-corrected chi connectivity index (χ0v) is 12.7. The molecule has 1 heterocycles. The number of carbonyl (C=O) groups excluding carboxylic acids is 1. The molecule has 0 aromatic carbocycles. The molecule has 18 heavy (non-hydrogen) atoms. The second kappa shape index (κ2) is 8.28. The summed E-state index contributed by atoms with van der Waals surface area (Å²) in [5.74, 6) is 1.64. The van der Waals surface area contributed by atoms with Crippen LogP contribution in [-0.2, 0) is 4.79 Å². The van der Waals surface area contributed by atoms with Crippen molar-refractivity contribution in [1.29, 1.82) is 0 Å². The highest BCUT2D eigenvalue weighted by Gasteiger charge is 2.30. The van der Waals surface area contributed by atoms with Gasteiger partial charge in [0.05, 0.1) is 5.92 Å². The standard InChI is InChI=1S/C13H24N2OS.ClH/c1-2-17-12-7-3-6-11(12)15-13(16)10-5-4-8-14-9-10;/h10-12,14H,2-9H2,1H3,(H,15,16);1H/t10-,11?,12?;/m1./s1. The van der Waals surface area contributed by atoms with Crippen LogP contribution in [0.5, 0.6) is 0 Å². The quantitative estimate of drug-likeness (QED) is 0.835. The van der Waals surface area contributed by atoms with Crippen molar-refractivity contribution in [2.75, 3.05) is 18.8 Å². The maximum absolute atomic E-state index is 12.1.